The first-order chi connectivity index (χ1) is 9.66. The molecule has 20 heavy (non-hydrogen) atoms. The van der Waals surface area contributed by atoms with Gasteiger partial charge >= 0.3 is 0 Å². The van der Waals surface area contributed by atoms with E-state index in [-0.39, 0.29) is 5.82 Å². The SMILES string of the molecule is C[C@@H]1CCCC[C@@H]1NC(=S)NCCc1ccccc1F. The molecule has 0 heterocycles. The summed E-state index contributed by atoms with van der Waals surface area (Å²) in [6.07, 6.45) is 5.72. The van der Waals surface area contributed by atoms with Gasteiger partial charge in [0, 0.05) is 12.6 Å². The highest BCUT2D eigenvalue weighted by molar-refractivity contribution is 7.80. The average molecular weight is 294 g/mol. The number of halogens is 1. The lowest BCUT2D eigenvalue weighted by Crippen LogP contribution is -2.46. The molecule has 2 nitrogen and oxygen atoms in total. The zero-order valence-corrected chi connectivity index (χ0v) is 12.8. The molecule has 0 bridgehead atoms. The van der Waals surface area contributed by atoms with E-state index in [2.05, 4.69) is 17.6 Å². The van der Waals surface area contributed by atoms with Gasteiger partial charge < -0.3 is 10.6 Å². The standard InChI is InChI=1S/C16H23FN2S/c1-12-6-2-5-9-15(12)19-16(20)18-11-10-13-7-3-4-8-14(13)17/h3-4,7-8,12,15H,2,5-6,9-11H2,1H3,(H2,18,19,20)/t12-,15+/m1/s1. The second-order valence-corrected chi connectivity index (χ2v) is 6.02. The second-order valence-electron chi connectivity index (χ2n) is 5.61. The Hall–Kier alpha value is -1.16. The van der Waals surface area contributed by atoms with Gasteiger partial charge in [-0.25, -0.2) is 4.39 Å². The zero-order valence-electron chi connectivity index (χ0n) is 12.0. The van der Waals surface area contributed by atoms with Crippen LogP contribution in [0.3, 0.4) is 0 Å². The molecule has 0 amide bonds. The quantitative estimate of drug-likeness (QED) is 0.832. The largest absolute Gasteiger partial charge is 0.362 e. The van der Waals surface area contributed by atoms with Gasteiger partial charge in [0.05, 0.1) is 0 Å². The first-order valence-corrected chi connectivity index (χ1v) is 7.85. The summed E-state index contributed by atoms with van der Waals surface area (Å²) in [5.41, 5.74) is 0.730. The van der Waals surface area contributed by atoms with Gasteiger partial charge in [-0.2, -0.15) is 0 Å². The molecule has 4 heteroatoms. The van der Waals surface area contributed by atoms with Crippen LogP contribution >= 0.6 is 12.2 Å². The van der Waals surface area contributed by atoms with Gasteiger partial charge in [0.2, 0.25) is 0 Å². The minimum absolute atomic E-state index is 0.144. The van der Waals surface area contributed by atoms with Crippen LogP contribution in [0.5, 0.6) is 0 Å². The molecular weight excluding hydrogens is 271 g/mol. The van der Waals surface area contributed by atoms with Gasteiger partial charge in [-0.15, -0.1) is 0 Å². The fourth-order valence-electron chi connectivity index (χ4n) is 2.76. The zero-order chi connectivity index (χ0) is 14.4. The highest BCUT2D eigenvalue weighted by atomic mass is 32.1. The monoisotopic (exact) mass is 294 g/mol. The molecule has 2 N–H and O–H groups in total. The molecule has 2 rings (SSSR count). The van der Waals surface area contributed by atoms with E-state index in [0.717, 1.165) is 5.56 Å². The summed E-state index contributed by atoms with van der Waals surface area (Å²) in [5, 5.41) is 7.27. The van der Waals surface area contributed by atoms with Gasteiger partial charge in [-0.3, -0.25) is 0 Å². The predicted molar refractivity (Wildman–Crippen MR) is 85.3 cm³/mol. The molecule has 0 saturated heterocycles. The maximum Gasteiger partial charge on any atom is 0.166 e. The van der Waals surface area contributed by atoms with Gasteiger partial charge in [0.25, 0.3) is 0 Å². The van der Waals surface area contributed by atoms with Crippen molar-refractivity contribution in [3.8, 4) is 0 Å². The fraction of sp³-hybridized carbons (Fsp3) is 0.562. The second kappa shape index (κ2) is 7.58. The van der Waals surface area contributed by atoms with E-state index in [0.29, 0.717) is 30.0 Å². The Morgan fingerprint density at radius 3 is 2.80 bits per heavy atom. The molecule has 0 aliphatic heterocycles. The number of hydrogen-bond donors (Lipinski definition) is 2. The summed E-state index contributed by atoms with van der Waals surface area (Å²) in [4.78, 5) is 0. The molecular formula is C16H23FN2S. The maximum atomic E-state index is 13.5. The molecule has 1 aliphatic rings. The lowest BCUT2D eigenvalue weighted by molar-refractivity contribution is 0.308. The van der Waals surface area contributed by atoms with Gasteiger partial charge in [-0.1, -0.05) is 38.0 Å². The minimum atomic E-state index is -0.144. The van der Waals surface area contributed by atoms with Crippen LogP contribution in [-0.2, 0) is 6.42 Å². The third-order valence-electron chi connectivity index (χ3n) is 4.07. The van der Waals surface area contributed by atoms with Crippen LogP contribution in [0.25, 0.3) is 0 Å². The van der Waals surface area contributed by atoms with Crippen molar-refractivity contribution in [3.05, 3.63) is 35.6 Å². The average Bonchev–Trinajstić information content (AvgIpc) is 2.43. The van der Waals surface area contributed by atoms with Crippen molar-refractivity contribution >= 4 is 17.3 Å². The third kappa shape index (κ3) is 4.44. The highest BCUT2D eigenvalue weighted by Crippen LogP contribution is 2.23. The molecule has 1 fully saturated rings. The van der Waals surface area contributed by atoms with Crippen molar-refractivity contribution in [3.63, 3.8) is 0 Å². The van der Waals surface area contributed by atoms with E-state index in [4.69, 9.17) is 12.2 Å². The molecule has 1 saturated carbocycles. The lowest BCUT2D eigenvalue weighted by atomic mass is 9.86. The minimum Gasteiger partial charge on any atom is -0.362 e. The summed E-state index contributed by atoms with van der Waals surface area (Å²) >= 11 is 5.32. The Morgan fingerprint density at radius 2 is 2.05 bits per heavy atom. The van der Waals surface area contributed by atoms with Crippen molar-refractivity contribution in [2.45, 2.75) is 45.1 Å². The van der Waals surface area contributed by atoms with Gasteiger partial charge in [-0.05, 0) is 49.0 Å². The van der Waals surface area contributed by atoms with Crippen LogP contribution in [0.15, 0.2) is 24.3 Å². The van der Waals surface area contributed by atoms with E-state index in [1.807, 2.05) is 12.1 Å². The molecule has 1 aromatic carbocycles. The molecule has 0 unspecified atom stereocenters. The van der Waals surface area contributed by atoms with Crippen LogP contribution in [-0.4, -0.2) is 17.7 Å². The van der Waals surface area contributed by atoms with Crippen LogP contribution < -0.4 is 10.6 Å². The molecule has 2 atom stereocenters. The Morgan fingerprint density at radius 1 is 1.30 bits per heavy atom. The van der Waals surface area contributed by atoms with E-state index < -0.39 is 0 Å². The summed E-state index contributed by atoms with van der Waals surface area (Å²) in [5.74, 6) is 0.532. The van der Waals surface area contributed by atoms with Crippen LogP contribution in [0.4, 0.5) is 4.39 Å². The molecule has 1 aliphatic carbocycles. The number of benzene rings is 1. The van der Waals surface area contributed by atoms with Crippen LogP contribution in [0, 0.1) is 11.7 Å². The molecule has 0 spiro atoms. The Labute approximate surface area is 126 Å². The molecule has 0 aromatic heterocycles. The van der Waals surface area contributed by atoms with Crippen LogP contribution in [0.2, 0.25) is 0 Å². The smallest absolute Gasteiger partial charge is 0.166 e. The fourth-order valence-corrected chi connectivity index (χ4v) is 3.02. The van der Waals surface area contributed by atoms with E-state index in [1.54, 1.807) is 6.07 Å². The first kappa shape index (κ1) is 15.2. The Balaban J connectivity index is 1.71. The number of nitrogens with one attached hydrogen (secondary N) is 2. The summed E-state index contributed by atoms with van der Waals surface area (Å²) in [6.45, 7) is 2.94. The van der Waals surface area contributed by atoms with Crippen molar-refractivity contribution in [2.24, 2.45) is 5.92 Å². The lowest BCUT2D eigenvalue weighted by Gasteiger charge is -2.30. The van der Waals surface area contributed by atoms with Crippen LogP contribution in [0.1, 0.15) is 38.2 Å². The van der Waals surface area contributed by atoms with Gasteiger partial charge in [0.1, 0.15) is 5.82 Å². The Bertz CT molecular complexity index is 450. The predicted octanol–water partition coefficient (Wildman–Crippen LogP) is 3.41. The van der Waals surface area contributed by atoms with E-state index in [1.165, 1.54) is 31.7 Å². The number of thiocarbonyl (C=S) groups is 1. The maximum absolute atomic E-state index is 13.5. The van der Waals surface area contributed by atoms with Crippen molar-refractivity contribution in [2.75, 3.05) is 6.54 Å². The van der Waals surface area contributed by atoms with Gasteiger partial charge in [0.15, 0.2) is 5.11 Å². The van der Waals surface area contributed by atoms with Crippen molar-refractivity contribution in [1.29, 1.82) is 0 Å². The molecule has 0 radical (unpaired) electrons. The van der Waals surface area contributed by atoms with Crippen molar-refractivity contribution in [1.82, 2.24) is 10.6 Å². The highest BCUT2D eigenvalue weighted by Gasteiger charge is 2.21. The number of rotatable bonds is 4. The normalized spacial score (nSPS) is 22.3. The van der Waals surface area contributed by atoms with Crippen molar-refractivity contribution < 1.29 is 4.39 Å². The van der Waals surface area contributed by atoms with E-state index >= 15 is 0 Å². The summed E-state index contributed by atoms with van der Waals surface area (Å²) in [6, 6.07) is 7.37. The third-order valence-corrected chi connectivity index (χ3v) is 4.33. The number of hydrogen-bond acceptors (Lipinski definition) is 1. The summed E-state index contributed by atoms with van der Waals surface area (Å²) < 4.78 is 13.5. The summed E-state index contributed by atoms with van der Waals surface area (Å²) in [7, 11) is 0. The molecule has 1 aromatic rings. The molecule has 110 valence electrons. The first-order valence-electron chi connectivity index (χ1n) is 7.44. The van der Waals surface area contributed by atoms with E-state index in [9.17, 15) is 4.39 Å². The Kier molecular flexibility index (Phi) is 5.77. The topological polar surface area (TPSA) is 24.1 Å².